The van der Waals surface area contributed by atoms with E-state index in [4.69, 9.17) is 0 Å². The fraction of sp³-hybridized carbons (Fsp3) is 0.783. The molecule has 0 heterocycles. The van der Waals surface area contributed by atoms with Gasteiger partial charge in [-0.2, -0.15) is 0 Å². The molecule has 0 aliphatic heterocycles. The molecule has 9 nitrogen and oxygen atoms in total. The highest BCUT2D eigenvalue weighted by Crippen LogP contribution is 2.31. The third-order valence-electron chi connectivity index (χ3n) is 6.60. The third kappa shape index (κ3) is 5.85. The first-order valence-corrected chi connectivity index (χ1v) is 13.7. The average molecular weight is 488 g/mol. The van der Waals surface area contributed by atoms with Gasteiger partial charge in [-0.3, -0.25) is 14.4 Å². The number of nitrogens with zero attached hydrogens (tertiary/aromatic N) is 3. The Kier molecular flexibility index (Phi) is 11.0. The Morgan fingerprint density at radius 2 is 0.879 bits per heavy atom. The summed E-state index contributed by atoms with van der Waals surface area (Å²) in [5, 5.41) is 32.5. The first kappa shape index (κ1) is 31.2. The molecule has 10 heteroatoms. The van der Waals surface area contributed by atoms with Gasteiger partial charge < -0.3 is 29.0 Å². The summed E-state index contributed by atoms with van der Waals surface area (Å²) in [6.45, 7) is 18.4. The molecule has 0 aromatic rings. The molecule has 0 aromatic heterocycles. The van der Waals surface area contributed by atoms with Crippen LogP contribution >= 0.6 is 0 Å². The minimum absolute atomic E-state index is 0.0727. The predicted octanol–water partition coefficient (Wildman–Crippen LogP) is 1.68. The number of hydrogen-bond donors (Lipinski definition) is 3. The average Bonchev–Trinajstić information content (AvgIpc) is 2.79. The van der Waals surface area contributed by atoms with Crippen LogP contribution in [0.3, 0.4) is 0 Å². The van der Waals surface area contributed by atoms with Crippen LogP contribution in [0.4, 0.5) is 0 Å². The summed E-state index contributed by atoms with van der Waals surface area (Å²) in [6, 6.07) is 0. The fourth-order valence-corrected chi connectivity index (χ4v) is 8.22. The normalized spacial score (nSPS) is 18.7. The maximum Gasteiger partial charge on any atom is 0.413 e. The maximum atomic E-state index is 13.6. The van der Waals surface area contributed by atoms with Crippen molar-refractivity contribution in [2.24, 2.45) is 0 Å². The van der Waals surface area contributed by atoms with E-state index in [1.165, 1.54) is 40.2 Å². The van der Waals surface area contributed by atoms with E-state index in [9.17, 15) is 29.7 Å². The molecule has 0 saturated heterocycles. The highest BCUT2D eigenvalue weighted by molar-refractivity contribution is 6.82. The van der Waals surface area contributed by atoms with E-state index in [2.05, 4.69) is 6.58 Å². The summed E-state index contributed by atoms with van der Waals surface area (Å²) in [5.74, 6) is -1.95. The van der Waals surface area contributed by atoms with Crippen LogP contribution < -0.4 is 0 Å². The summed E-state index contributed by atoms with van der Waals surface area (Å²) >= 11 is 0. The molecule has 3 amide bonds. The van der Waals surface area contributed by atoms with E-state index >= 15 is 0 Å². The highest BCUT2D eigenvalue weighted by Gasteiger charge is 2.59. The smallest absolute Gasteiger partial charge is 0.380 e. The van der Waals surface area contributed by atoms with E-state index in [-0.39, 0.29) is 38.9 Å². The molecule has 192 valence electrons. The molecule has 0 saturated carbocycles. The van der Waals surface area contributed by atoms with E-state index in [1.807, 2.05) is 0 Å². The van der Waals surface area contributed by atoms with Gasteiger partial charge in [0.1, 0.15) is 16.8 Å². The van der Waals surface area contributed by atoms with Crippen molar-refractivity contribution < 1.29 is 29.7 Å². The number of carbonyl (C=O) groups is 3. The molecule has 0 aliphatic carbocycles. The van der Waals surface area contributed by atoms with E-state index < -0.39 is 43.1 Å². The number of carbonyl (C=O) groups excluding carboxylic acids is 3. The Balaban J connectivity index is 7.44. The molecule has 3 N–H and O–H groups in total. The quantitative estimate of drug-likeness (QED) is 0.340. The summed E-state index contributed by atoms with van der Waals surface area (Å²) < 4.78 is 4.05. The lowest BCUT2D eigenvalue weighted by molar-refractivity contribution is -0.152. The second-order valence-electron chi connectivity index (χ2n) is 8.92. The van der Waals surface area contributed by atoms with Crippen molar-refractivity contribution in [1.29, 1.82) is 0 Å². The molecule has 3 atom stereocenters. The summed E-state index contributed by atoms with van der Waals surface area (Å²) in [5.41, 5.74) is -3.81. The van der Waals surface area contributed by atoms with Gasteiger partial charge in [0.2, 0.25) is 17.7 Å². The first-order valence-electron chi connectivity index (χ1n) is 11.8. The van der Waals surface area contributed by atoms with Crippen LogP contribution in [0, 0.1) is 0 Å². The van der Waals surface area contributed by atoms with Crippen LogP contribution in [0.1, 0.15) is 81.6 Å². The third-order valence-corrected chi connectivity index (χ3v) is 11.1. The van der Waals surface area contributed by atoms with E-state index in [0.29, 0.717) is 0 Å². The zero-order chi connectivity index (χ0) is 26.4. The maximum absolute atomic E-state index is 13.6. The molecule has 0 rings (SSSR count). The minimum Gasteiger partial charge on any atom is -0.380 e. The van der Waals surface area contributed by atoms with Gasteiger partial charge in [0, 0.05) is 19.6 Å². The van der Waals surface area contributed by atoms with Gasteiger partial charge in [0.15, 0.2) is 0 Å². The van der Waals surface area contributed by atoms with Crippen molar-refractivity contribution >= 4 is 26.3 Å². The number of likely N-dealkylation sites (N-methyl/N-ethyl adjacent to an activating group) is 3. The molecule has 0 fully saturated rings. The summed E-state index contributed by atoms with van der Waals surface area (Å²) in [4.78, 5) is 40.9. The predicted molar refractivity (Wildman–Crippen MR) is 131 cm³/mol. The van der Waals surface area contributed by atoms with Gasteiger partial charge in [0.25, 0.3) is 0 Å². The van der Waals surface area contributed by atoms with Crippen LogP contribution in [0.2, 0.25) is 0 Å². The Labute approximate surface area is 200 Å². The largest absolute Gasteiger partial charge is 0.413 e. The van der Waals surface area contributed by atoms with Crippen molar-refractivity contribution in [3.05, 3.63) is 12.3 Å². The van der Waals surface area contributed by atoms with Crippen LogP contribution in [0.5, 0.6) is 0 Å². The van der Waals surface area contributed by atoms with Crippen molar-refractivity contribution in [2.75, 3.05) is 19.6 Å². The van der Waals surface area contributed by atoms with Crippen LogP contribution in [-0.2, 0) is 14.4 Å². The van der Waals surface area contributed by atoms with Crippen LogP contribution in [0.25, 0.3) is 0 Å². The van der Waals surface area contributed by atoms with Crippen molar-refractivity contribution in [2.45, 2.75) is 98.4 Å². The van der Waals surface area contributed by atoms with E-state index in [1.54, 1.807) is 41.5 Å². The molecule has 0 bridgehead atoms. The van der Waals surface area contributed by atoms with Gasteiger partial charge in [-0.15, -0.1) is 6.58 Å². The number of hydrogen-bond acceptors (Lipinski definition) is 6. The summed E-state index contributed by atoms with van der Waals surface area (Å²) in [7, 11) is -3.99. The van der Waals surface area contributed by atoms with Crippen LogP contribution in [-0.4, -0.2) is 91.7 Å². The topological polar surface area (TPSA) is 122 Å². The van der Waals surface area contributed by atoms with Gasteiger partial charge >= 0.3 is 8.56 Å². The van der Waals surface area contributed by atoms with Crippen molar-refractivity contribution in [3.8, 4) is 0 Å². The van der Waals surface area contributed by atoms with Crippen LogP contribution in [0.15, 0.2) is 12.3 Å². The number of amides is 3. The Hall–Kier alpha value is -1.75. The highest BCUT2D eigenvalue weighted by atomic mass is 28.4. The SMILES string of the molecule is C=C[Si](N(CC)C(=O)C(C)(O)CC)(N(CC)C(=O)C(C)(O)CC)N(CC)C(=O)C(C)(O)CC. The fourth-order valence-electron chi connectivity index (χ4n) is 3.67. The molecule has 0 radical (unpaired) electrons. The molecule has 0 aromatic carbocycles. The first-order chi connectivity index (χ1) is 15.1. The molecule has 0 aliphatic rings. The molecule has 0 spiro atoms. The Morgan fingerprint density at radius 1 is 0.667 bits per heavy atom. The Morgan fingerprint density at radius 3 is 1.00 bits per heavy atom. The number of rotatable bonds is 13. The zero-order valence-electron chi connectivity index (χ0n) is 21.9. The zero-order valence-corrected chi connectivity index (χ0v) is 22.9. The van der Waals surface area contributed by atoms with E-state index in [0.717, 1.165) is 0 Å². The molecular formula is C23H45N3O6Si. The lowest BCUT2D eigenvalue weighted by Crippen LogP contribution is -2.81. The minimum atomic E-state index is -3.99. The number of aliphatic hydroxyl groups is 3. The lowest BCUT2D eigenvalue weighted by Gasteiger charge is -2.54. The van der Waals surface area contributed by atoms with Crippen molar-refractivity contribution in [1.82, 2.24) is 13.7 Å². The van der Waals surface area contributed by atoms with Gasteiger partial charge in [-0.1, -0.05) is 20.8 Å². The second-order valence-corrected chi connectivity index (χ2v) is 12.3. The monoisotopic (exact) mass is 487 g/mol. The van der Waals surface area contributed by atoms with Gasteiger partial charge in [-0.25, -0.2) is 0 Å². The molecule has 3 unspecified atom stereocenters. The Bertz CT molecular complexity index is 635. The standard InChI is InChI=1S/C23H45N3O6Si/c1-11-21(8,30)18(27)24(14-4)33(17-7,25(15-5)19(28)22(9,31)12-2)26(16-6)20(29)23(10,32)13-3/h17,30-32H,7,11-16H2,1-6,8-10H3. The lowest BCUT2D eigenvalue weighted by atomic mass is 10.0. The molecular weight excluding hydrogens is 442 g/mol. The van der Waals surface area contributed by atoms with Gasteiger partial charge in [-0.05, 0) is 66.5 Å². The van der Waals surface area contributed by atoms with Gasteiger partial charge in [0.05, 0.1) is 0 Å². The second kappa shape index (κ2) is 11.6. The molecule has 33 heavy (non-hydrogen) atoms. The summed E-state index contributed by atoms with van der Waals surface area (Å²) in [6.07, 6.45) is 0.344. The van der Waals surface area contributed by atoms with Crippen molar-refractivity contribution in [3.63, 3.8) is 0 Å².